The van der Waals surface area contributed by atoms with Crippen LogP contribution in [0, 0.1) is 11.8 Å². The van der Waals surface area contributed by atoms with Gasteiger partial charge in [-0.15, -0.1) is 0 Å². The molecule has 0 bridgehead atoms. The Labute approximate surface area is 171 Å². The molecule has 1 aliphatic rings. The fraction of sp³-hybridized carbons (Fsp3) is 0.409. The van der Waals surface area contributed by atoms with Crippen molar-refractivity contribution in [1.82, 2.24) is 0 Å². The van der Waals surface area contributed by atoms with Gasteiger partial charge in [0.25, 0.3) is 0 Å². The van der Waals surface area contributed by atoms with E-state index in [1.54, 1.807) is 30.3 Å². The van der Waals surface area contributed by atoms with E-state index >= 15 is 0 Å². The number of benzene rings is 2. The molecule has 2 aromatic rings. The summed E-state index contributed by atoms with van der Waals surface area (Å²) in [7, 11) is -3.45. The molecule has 0 aliphatic heterocycles. The Morgan fingerprint density at radius 3 is 2.38 bits per heavy atom. The fourth-order valence-corrected chi connectivity index (χ4v) is 5.61. The Morgan fingerprint density at radius 2 is 1.76 bits per heavy atom. The van der Waals surface area contributed by atoms with Crippen LogP contribution in [0.15, 0.2) is 53.4 Å². The maximum atomic E-state index is 12.9. The van der Waals surface area contributed by atoms with Crippen LogP contribution in [0.25, 0.3) is 0 Å². The third-order valence-corrected chi connectivity index (χ3v) is 7.37. The molecule has 1 fully saturated rings. The van der Waals surface area contributed by atoms with E-state index < -0.39 is 15.8 Å². The molecule has 0 saturated heterocycles. The van der Waals surface area contributed by atoms with Crippen LogP contribution in [-0.2, 0) is 9.84 Å². The van der Waals surface area contributed by atoms with Gasteiger partial charge in [0.05, 0.1) is 17.3 Å². The summed E-state index contributed by atoms with van der Waals surface area (Å²) >= 11 is 0. The van der Waals surface area contributed by atoms with E-state index in [2.05, 4.69) is 0 Å². The summed E-state index contributed by atoms with van der Waals surface area (Å²) in [6, 6.07) is 12.4. The average molecular weight is 419 g/mol. The van der Waals surface area contributed by atoms with Gasteiger partial charge in [-0.25, -0.2) is 13.2 Å². The zero-order valence-corrected chi connectivity index (χ0v) is 17.0. The van der Waals surface area contributed by atoms with Crippen molar-refractivity contribution in [2.45, 2.75) is 37.0 Å². The second kappa shape index (κ2) is 9.31. The molecule has 0 aromatic heterocycles. The number of carbonyl (C=O) groups is 1. The molecule has 0 radical (unpaired) electrons. The Kier molecular flexibility index (Phi) is 6.79. The van der Waals surface area contributed by atoms with Gasteiger partial charge in [-0.3, -0.25) is 0 Å². The van der Waals surface area contributed by atoms with Gasteiger partial charge in [0, 0.05) is 12.0 Å². The van der Waals surface area contributed by atoms with E-state index in [1.807, 2.05) is 0 Å². The van der Waals surface area contributed by atoms with Gasteiger partial charge in [0.1, 0.15) is 17.1 Å². The quantitative estimate of drug-likeness (QED) is 0.668. The van der Waals surface area contributed by atoms with Gasteiger partial charge in [-0.05, 0) is 30.2 Å². The number of sulfone groups is 1. The molecule has 2 aromatic carbocycles. The molecule has 29 heavy (non-hydrogen) atoms. The summed E-state index contributed by atoms with van der Waals surface area (Å²) < 4.78 is 31.6. The number of carboxylic acids is 1. The van der Waals surface area contributed by atoms with E-state index in [4.69, 9.17) is 9.84 Å². The number of aromatic carboxylic acids is 1. The zero-order valence-electron chi connectivity index (χ0n) is 16.2. The first-order chi connectivity index (χ1) is 13.9. The van der Waals surface area contributed by atoms with E-state index in [-0.39, 0.29) is 35.5 Å². The van der Waals surface area contributed by atoms with Gasteiger partial charge in [0.15, 0.2) is 9.84 Å². The predicted molar refractivity (Wildman–Crippen MR) is 109 cm³/mol. The van der Waals surface area contributed by atoms with Gasteiger partial charge in [-0.2, -0.15) is 0 Å². The molecule has 0 amide bonds. The maximum Gasteiger partial charge on any atom is 0.339 e. The van der Waals surface area contributed by atoms with Crippen LogP contribution < -0.4 is 4.74 Å². The number of rotatable bonds is 8. The van der Waals surface area contributed by atoms with E-state index in [9.17, 15) is 18.3 Å². The van der Waals surface area contributed by atoms with Crippen LogP contribution in [0.2, 0.25) is 0 Å². The highest BCUT2D eigenvalue weighted by atomic mass is 32.2. The van der Waals surface area contributed by atoms with Crippen LogP contribution in [0.5, 0.6) is 11.5 Å². The van der Waals surface area contributed by atoms with Crippen molar-refractivity contribution in [2.75, 3.05) is 12.4 Å². The lowest BCUT2D eigenvalue weighted by Gasteiger charge is -2.30. The topological polar surface area (TPSA) is 101 Å². The Morgan fingerprint density at radius 1 is 1.07 bits per heavy atom. The first-order valence-corrected chi connectivity index (χ1v) is 11.5. The smallest absolute Gasteiger partial charge is 0.339 e. The normalized spacial score (nSPS) is 16.3. The number of ether oxygens (including phenoxy) is 1. The van der Waals surface area contributed by atoms with Crippen molar-refractivity contribution in [3.05, 3.63) is 54.1 Å². The van der Waals surface area contributed by atoms with Gasteiger partial charge >= 0.3 is 5.97 Å². The highest BCUT2D eigenvalue weighted by molar-refractivity contribution is 7.91. The minimum Gasteiger partial charge on any atom is -0.507 e. The second-order valence-electron chi connectivity index (χ2n) is 7.55. The largest absolute Gasteiger partial charge is 0.507 e. The summed E-state index contributed by atoms with van der Waals surface area (Å²) in [6.07, 6.45) is 5.28. The Hall–Kier alpha value is -2.54. The fourth-order valence-electron chi connectivity index (χ4n) is 3.92. The first-order valence-electron chi connectivity index (χ1n) is 9.84. The minimum absolute atomic E-state index is 0.000865. The maximum absolute atomic E-state index is 12.9. The van der Waals surface area contributed by atoms with Crippen LogP contribution in [0.4, 0.5) is 0 Å². The predicted octanol–water partition coefficient (Wildman–Crippen LogP) is 4.14. The molecule has 7 heteroatoms. The van der Waals surface area contributed by atoms with Gasteiger partial charge in [0.2, 0.25) is 0 Å². The summed E-state index contributed by atoms with van der Waals surface area (Å²) in [5, 5.41) is 18.9. The minimum atomic E-state index is -3.45. The SMILES string of the molecule is O=C(O)c1ccc(OCC(CS(=O)(=O)c2ccccc2)C2CCCCC2)cc1O. The summed E-state index contributed by atoms with van der Waals surface area (Å²) in [5.74, 6) is -1.19. The van der Waals surface area contributed by atoms with Crippen LogP contribution in [0.3, 0.4) is 0 Å². The molecule has 3 rings (SSSR count). The molecular weight excluding hydrogens is 392 g/mol. The lowest BCUT2D eigenvalue weighted by atomic mass is 9.81. The third-order valence-electron chi connectivity index (χ3n) is 5.52. The molecule has 1 aliphatic carbocycles. The summed E-state index contributed by atoms with van der Waals surface area (Å²) in [5.41, 5.74) is -0.201. The summed E-state index contributed by atoms with van der Waals surface area (Å²) in [4.78, 5) is 11.3. The lowest BCUT2D eigenvalue weighted by Crippen LogP contribution is -2.30. The number of carboxylic acid groups (broad SMARTS) is 1. The van der Waals surface area contributed by atoms with Crippen molar-refractivity contribution in [3.63, 3.8) is 0 Å². The molecular formula is C22H26O6S. The Bertz CT molecular complexity index is 933. The monoisotopic (exact) mass is 418 g/mol. The number of hydrogen-bond acceptors (Lipinski definition) is 5. The highest BCUT2D eigenvalue weighted by Gasteiger charge is 2.30. The molecule has 1 saturated carbocycles. The zero-order chi connectivity index (χ0) is 20.9. The molecule has 0 heterocycles. The lowest BCUT2D eigenvalue weighted by molar-refractivity contribution is 0.0693. The summed E-state index contributed by atoms with van der Waals surface area (Å²) in [6.45, 7) is 0.197. The number of hydrogen-bond donors (Lipinski definition) is 2. The highest BCUT2D eigenvalue weighted by Crippen LogP contribution is 2.33. The molecule has 1 unspecified atom stereocenters. The van der Waals surface area contributed by atoms with Crippen molar-refractivity contribution < 1.29 is 28.2 Å². The van der Waals surface area contributed by atoms with Crippen molar-refractivity contribution in [2.24, 2.45) is 11.8 Å². The average Bonchev–Trinajstić information content (AvgIpc) is 2.72. The van der Waals surface area contributed by atoms with Crippen LogP contribution in [0.1, 0.15) is 42.5 Å². The Balaban J connectivity index is 1.75. The van der Waals surface area contributed by atoms with Crippen molar-refractivity contribution >= 4 is 15.8 Å². The standard InChI is InChI=1S/C22H26O6S/c23-21-13-18(11-12-20(21)22(24)25)28-14-17(16-7-3-1-4-8-16)15-29(26,27)19-9-5-2-6-10-19/h2,5-6,9-13,16-17,23H,1,3-4,7-8,14-15H2,(H,24,25). The van der Waals surface area contributed by atoms with Crippen LogP contribution in [-0.4, -0.2) is 37.0 Å². The first kappa shape index (κ1) is 21.2. The van der Waals surface area contributed by atoms with Gasteiger partial charge < -0.3 is 14.9 Å². The molecule has 2 N–H and O–H groups in total. The van der Waals surface area contributed by atoms with E-state index in [0.29, 0.717) is 10.6 Å². The number of phenols is 1. The molecule has 0 spiro atoms. The van der Waals surface area contributed by atoms with E-state index in [1.165, 1.54) is 24.6 Å². The number of aromatic hydroxyl groups is 1. The van der Waals surface area contributed by atoms with Gasteiger partial charge in [-0.1, -0.05) is 50.3 Å². The van der Waals surface area contributed by atoms with Crippen LogP contribution >= 0.6 is 0 Å². The molecule has 1 atom stereocenters. The second-order valence-corrected chi connectivity index (χ2v) is 9.58. The molecule has 156 valence electrons. The van der Waals surface area contributed by atoms with E-state index in [0.717, 1.165) is 25.7 Å². The van der Waals surface area contributed by atoms with Crippen molar-refractivity contribution in [1.29, 1.82) is 0 Å². The third kappa shape index (κ3) is 5.50. The molecule has 6 nitrogen and oxygen atoms in total. The van der Waals surface area contributed by atoms with Crippen molar-refractivity contribution in [3.8, 4) is 11.5 Å².